The number of nitrogens with zero attached hydrogens (tertiary/aromatic N) is 2. The van der Waals surface area contributed by atoms with Crippen LogP contribution < -0.4 is 0 Å². The average Bonchev–Trinajstić information content (AvgIpc) is 2.90. The minimum Gasteiger partial charge on any atom is -0.444 e. The van der Waals surface area contributed by atoms with E-state index in [-0.39, 0.29) is 6.61 Å². The smallest absolute Gasteiger partial charge is 0.236 e. The van der Waals surface area contributed by atoms with E-state index in [1.807, 2.05) is 17.5 Å². The molecule has 0 amide bonds. The summed E-state index contributed by atoms with van der Waals surface area (Å²) in [6.45, 7) is 1.68. The molecule has 0 atom stereocenters. The number of hydrogen-bond donors (Lipinski definition) is 1. The zero-order valence-electron chi connectivity index (χ0n) is 10.1. The summed E-state index contributed by atoms with van der Waals surface area (Å²) in [4.78, 5) is 7.84. The zero-order valence-corrected chi connectivity index (χ0v) is 10.9. The van der Waals surface area contributed by atoms with Crippen LogP contribution in [-0.2, 0) is 6.54 Å². The van der Waals surface area contributed by atoms with Crippen LogP contribution in [0.4, 0.5) is 0 Å². The van der Waals surface area contributed by atoms with Gasteiger partial charge < -0.3 is 9.52 Å². The van der Waals surface area contributed by atoms with Crippen molar-refractivity contribution in [3.05, 3.63) is 29.5 Å². The van der Waals surface area contributed by atoms with Crippen molar-refractivity contribution in [2.45, 2.75) is 25.4 Å². The molecule has 2 heterocycles. The first-order valence-electron chi connectivity index (χ1n) is 6.20. The van der Waals surface area contributed by atoms with Gasteiger partial charge in [-0.05, 0) is 24.3 Å². The molecule has 1 aliphatic carbocycles. The molecular weight excluding hydrogens is 248 g/mol. The summed E-state index contributed by atoms with van der Waals surface area (Å²) >= 11 is 1.63. The Balaban J connectivity index is 1.69. The molecule has 5 heteroatoms. The predicted molar refractivity (Wildman–Crippen MR) is 70.3 cm³/mol. The molecule has 0 aromatic carbocycles. The van der Waals surface area contributed by atoms with Crippen LogP contribution >= 0.6 is 11.3 Å². The molecule has 3 rings (SSSR count). The summed E-state index contributed by atoms with van der Waals surface area (Å²) in [5.41, 5.74) is 0.943. The second-order valence-corrected chi connectivity index (χ2v) is 5.49. The van der Waals surface area contributed by atoms with Gasteiger partial charge in [-0.1, -0.05) is 6.07 Å². The van der Waals surface area contributed by atoms with Gasteiger partial charge in [0.1, 0.15) is 6.26 Å². The van der Waals surface area contributed by atoms with Crippen LogP contribution in [0.15, 0.2) is 28.2 Å². The summed E-state index contributed by atoms with van der Waals surface area (Å²) < 4.78 is 5.50. The Morgan fingerprint density at radius 2 is 2.39 bits per heavy atom. The van der Waals surface area contributed by atoms with Crippen LogP contribution in [-0.4, -0.2) is 34.2 Å². The lowest BCUT2D eigenvalue weighted by atomic mass is 10.4. The fourth-order valence-electron chi connectivity index (χ4n) is 2.06. The van der Waals surface area contributed by atoms with Crippen LogP contribution in [0.3, 0.4) is 0 Å². The average molecular weight is 264 g/mol. The Labute approximate surface area is 110 Å². The van der Waals surface area contributed by atoms with E-state index >= 15 is 0 Å². The zero-order chi connectivity index (χ0) is 12.4. The van der Waals surface area contributed by atoms with Crippen molar-refractivity contribution in [1.82, 2.24) is 9.88 Å². The van der Waals surface area contributed by atoms with Crippen molar-refractivity contribution in [2.24, 2.45) is 0 Å². The molecule has 18 heavy (non-hydrogen) atoms. The Morgan fingerprint density at radius 1 is 1.50 bits per heavy atom. The largest absolute Gasteiger partial charge is 0.444 e. The molecule has 0 bridgehead atoms. The van der Waals surface area contributed by atoms with E-state index in [4.69, 9.17) is 9.52 Å². The molecule has 0 spiro atoms. The quantitative estimate of drug-likeness (QED) is 0.870. The molecular formula is C13H16N2O2S. The number of thiophene rings is 1. The van der Waals surface area contributed by atoms with Gasteiger partial charge in [-0.2, -0.15) is 0 Å². The fourth-order valence-corrected chi connectivity index (χ4v) is 2.72. The summed E-state index contributed by atoms with van der Waals surface area (Å²) in [6.07, 6.45) is 4.19. The van der Waals surface area contributed by atoms with Gasteiger partial charge in [0.05, 0.1) is 17.2 Å². The lowest BCUT2D eigenvalue weighted by Gasteiger charge is -2.18. The number of aliphatic hydroxyl groups excluding tert-OH is 1. The second-order valence-electron chi connectivity index (χ2n) is 4.55. The Kier molecular flexibility index (Phi) is 3.45. The van der Waals surface area contributed by atoms with Gasteiger partial charge in [-0.3, -0.25) is 4.90 Å². The molecule has 2 aromatic heterocycles. The van der Waals surface area contributed by atoms with E-state index in [0.717, 1.165) is 17.1 Å². The summed E-state index contributed by atoms with van der Waals surface area (Å²) in [5, 5.41) is 11.1. The molecule has 2 aromatic rings. The number of hydrogen-bond acceptors (Lipinski definition) is 5. The SMILES string of the molecule is OCCN(Cc1coc(-c2cccs2)n1)C1CC1. The highest BCUT2D eigenvalue weighted by atomic mass is 32.1. The lowest BCUT2D eigenvalue weighted by molar-refractivity contribution is 0.182. The molecule has 0 saturated heterocycles. The minimum atomic E-state index is 0.201. The standard InChI is InChI=1S/C13H16N2O2S/c16-6-5-15(11-3-4-11)8-10-9-17-13(14-10)12-2-1-7-18-12/h1-2,7,9,11,16H,3-6,8H2. The van der Waals surface area contributed by atoms with Gasteiger partial charge >= 0.3 is 0 Å². The Bertz CT molecular complexity index is 491. The second kappa shape index (κ2) is 5.22. The first-order chi connectivity index (χ1) is 8.86. The number of aliphatic hydroxyl groups is 1. The summed E-state index contributed by atoms with van der Waals surface area (Å²) in [7, 11) is 0. The van der Waals surface area contributed by atoms with Crippen LogP contribution in [0.5, 0.6) is 0 Å². The van der Waals surface area contributed by atoms with Gasteiger partial charge in [0, 0.05) is 19.1 Å². The first kappa shape index (κ1) is 11.9. The van der Waals surface area contributed by atoms with Gasteiger partial charge in [0.2, 0.25) is 5.89 Å². The third-order valence-electron chi connectivity index (χ3n) is 3.10. The van der Waals surface area contributed by atoms with E-state index in [0.29, 0.717) is 18.5 Å². The topological polar surface area (TPSA) is 49.5 Å². The van der Waals surface area contributed by atoms with Crippen molar-refractivity contribution in [3.63, 3.8) is 0 Å². The Hall–Kier alpha value is -1.17. The van der Waals surface area contributed by atoms with E-state index in [2.05, 4.69) is 9.88 Å². The van der Waals surface area contributed by atoms with Crippen molar-refractivity contribution < 1.29 is 9.52 Å². The Morgan fingerprint density at radius 3 is 3.06 bits per heavy atom. The van der Waals surface area contributed by atoms with Gasteiger partial charge in [0.15, 0.2) is 0 Å². The minimum absolute atomic E-state index is 0.201. The van der Waals surface area contributed by atoms with Crippen LogP contribution in [0.2, 0.25) is 0 Å². The number of aromatic nitrogens is 1. The van der Waals surface area contributed by atoms with Crippen molar-refractivity contribution in [1.29, 1.82) is 0 Å². The third-order valence-corrected chi connectivity index (χ3v) is 3.96. The first-order valence-corrected chi connectivity index (χ1v) is 7.08. The highest BCUT2D eigenvalue weighted by Gasteiger charge is 2.29. The highest BCUT2D eigenvalue weighted by Crippen LogP contribution is 2.29. The van der Waals surface area contributed by atoms with Crippen molar-refractivity contribution >= 4 is 11.3 Å². The van der Waals surface area contributed by atoms with E-state index < -0.39 is 0 Å². The van der Waals surface area contributed by atoms with Crippen LogP contribution in [0.25, 0.3) is 10.8 Å². The van der Waals surface area contributed by atoms with Crippen molar-refractivity contribution in [3.8, 4) is 10.8 Å². The molecule has 0 unspecified atom stereocenters. The van der Waals surface area contributed by atoms with E-state index in [1.165, 1.54) is 12.8 Å². The summed E-state index contributed by atoms with van der Waals surface area (Å²) in [6, 6.07) is 4.62. The predicted octanol–water partition coefficient (Wildman–Crippen LogP) is 2.36. The van der Waals surface area contributed by atoms with Crippen molar-refractivity contribution in [2.75, 3.05) is 13.2 Å². The maximum Gasteiger partial charge on any atom is 0.236 e. The monoisotopic (exact) mass is 264 g/mol. The number of oxazole rings is 1. The lowest BCUT2D eigenvalue weighted by Crippen LogP contribution is -2.28. The molecule has 4 nitrogen and oxygen atoms in total. The molecule has 0 aliphatic heterocycles. The van der Waals surface area contributed by atoms with Crippen LogP contribution in [0, 0.1) is 0 Å². The molecule has 1 N–H and O–H groups in total. The molecule has 1 fully saturated rings. The molecule has 0 radical (unpaired) electrons. The molecule has 1 saturated carbocycles. The molecule has 96 valence electrons. The normalized spacial score (nSPS) is 15.4. The third kappa shape index (κ3) is 2.63. The van der Waals surface area contributed by atoms with Gasteiger partial charge in [0.25, 0.3) is 0 Å². The highest BCUT2D eigenvalue weighted by molar-refractivity contribution is 7.13. The number of rotatable bonds is 6. The maximum atomic E-state index is 9.06. The maximum absolute atomic E-state index is 9.06. The van der Waals surface area contributed by atoms with E-state index in [1.54, 1.807) is 17.6 Å². The summed E-state index contributed by atoms with van der Waals surface area (Å²) in [5.74, 6) is 0.694. The van der Waals surface area contributed by atoms with Gasteiger partial charge in [-0.15, -0.1) is 11.3 Å². The fraction of sp³-hybridized carbons (Fsp3) is 0.462. The van der Waals surface area contributed by atoms with Crippen LogP contribution in [0.1, 0.15) is 18.5 Å². The van der Waals surface area contributed by atoms with Gasteiger partial charge in [-0.25, -0.2) is 4.98 Å². The van der Waals surface area contributed by atoms with E-state index in [9.17, 15) is 0 Å². The molecule has 1 aliphatic rings.